The zero-order chi connectivity index (χ0) is 14.9. The molecule has 108 valence electrons. The molecule has 0 spiro atoms. The number of benzene rings is 1. The van der Waals surface area contributed by atoms with Crippen molar-refractivity contribution in [1.29, 1.82) is 0 Å². The van der Waals surface area contributed by atoms with Crippen LogP contribution in [0, 0.1) is 5.82 Å². The summed E-state index contributed by atoms with van der Waals surface area (Å²) >= 11 is 12.6. The maximum atomic E-state index is 13.1. The molecule has 1 aromatic carbocycles. The third-order valence-electron chi connectivity index (χ3n) is 2.37. The van der Waals surface area contributed by atoms with Gasteiger partial charge in [0.05, 0.1) is 15.7 Å². The lowest BCUT2D eigenvalue weighted by atomic mass is 10.3. The predicted molar refractivity (Wildman–Crippen MR) is 79.4 cm³/mol. The first-order chi connectivity index (χ1) is 9.33. The molecule has 0 fully saturated rings. The molecule has 1 aromatic heterocycles. The van der Waals surface area contributed by atoms with E-state index in [9.17, 15) is 12.8 Å². The highest BCUT2D eigenvalue weighted by Gasteiger charge is 2.20. The summed E-state index contributed by atoms with van der Waals surface area (Å²) in [5.74, 6) is -0.649. The maximum absolute atomic E-state index is 13.1. The van der Waals surface area contributed by atoms with E-state index < -0.39 is 15.8 Å². The normalized spacial score (nSPS) is 11.6. The van der Waals surface area contributed by atoms with E-state index in [0.29, 0.717) is 5.56 Å². The van der Waals surface area contributed by atoms with Gasteiger partial charge in [0.2, 0.25) is 0 Å². The maximum Gasteiger partial charge on any atom is 0.271 e. The van der Waals surface area contributed by atoms with Crippen LogP contribution in [0.4, 0.5) is 10.1 Å². The van der Waals surface area contributed by atoms with E-state index in [2.05, 4.69) is 4.72 Å². The highest BCUT2D eigenvalue weighted by atomic mass is 35.5. The van der Waals surface area contributed by atoms with Crippen LogP contribution in [-0.4, -0.2) is 8.42 Å². The van der Waals surface area contributed by atoms with Gasteiger partial charge in [-0.15, -0.1) is 11.3 Å². The van der Waals surface area contributed by atoms with Crippen molar-refractivity contribution in [3.05, 3.63) is 45.0 Å². The average Bonchev–Trinajstić information content (AvgIpc) is 2.83. The first-order valence-corrected chi connectivity index (χ1v) is 8.40. The Labute approximate surface area is 129 Å². The number of rotatable bonds is 4. The quantitative estimate of drug-likeness (QED) is 0.882. The summed E-state index contributed by atoms with van der Waals surface area (Å²) in [7, 11) is -3.84. The standard InChI is InChI=1S/C11H9Cl2FN2O2S2/c12-8-2-7(14)3-9(13)11(8)16-20(17,18)10-1-6(4-15)5-19-10/h1-3,5,16H,4,15H2. The van der Waals surface area contributed by atoms with E-state index in [1.54, 1.807) is 5.38 Å². The molecule has 1 heterocycles. The monoisotopic (exact) mass is 354 g/mol. The van der Waals surface area contributed by atoms with E-state index in [-0.39, 0.29) is 26.5 Å². The third-order valence-corrected chi connectivity index (χ3v) is 5.81. The van der Waals surface area contributed by atoms with Gasteiger partial charge in [-0.25, -0.2) is 12.8 Å². The van der Waals surface area contributed by atoms with Crippen molar-refractivity contribution in [2.45, 2.75) is 10.8 Å². The molecular formula is C11H9Cl2FN2O2S2. The fraction of sp³-hybridized carbons (Fsp3) is 0.0909. The molecule has 0 unspecified atom stereocenters. The van der Waals surface area contributed by atoms with Crippen molar-refractivity contribution < 1.29 is 12.8 Å². The van der Waals surface area contributed by atoms with Crippen LogP contribution in [0.1, 0.15) is 5.56 Å². The summed E-state index contributed by atoms with van der Waals surface area (Å²) < 4.78 is 39.7. The molecule has 0 radical (unpaired) electrons. The summed E-state index contributed by atoms with van der Waals surface area (Å²) in [5.41, 5.74) is 6.07. The Kier molecular flexibility index (Phi) is 4.55. The molecule has 0 aliphatic carbocycles. The number of sulfonamides is 1. The molecule has 0 aliphatic rings. The Balaban J connectivity index is 2.38. The highest BCUT2D eigenvalue weighted by molar-refractivity contribution is 7.94. The second-order valence-corrected chi connectivity index (χ2v) is 7.46. The number of thiophene rings is 1. The lowest BCUT2D eigenvalue weighted by Gasteiger charge is -2.10. The van der Waals surface area contributed by atoms with E-state index in [0.717, 1.165) is 23.5 Å². The molecule has 2 aromatic rings. The molecule has 9 heteroatoms. The van der Waals surface area contributed by atoms with Crippen LogP contribution in [0.2, 0.25) is 10.0 Å². The number of hydrogen-bond donors (Lipinski definition) is 2. The van der Waals surface area contributed by atoms with Crippen molar-refractivity contribution in [2.75, 3.05) is 4.72 Å². The van der Waals surface area contributed by atoms with Gasteiger partial charge in [0.15, 0.2) is 0 Å². The summed E-state index contributed by atoms with van der Waals surface area (Å²) in [6, 6.07) is 3.41. The lowest BCUT2D eigenvalue weighted by molar-refractivity contribution is 0.603. The van der Waals surface area contributed by atoms with Crippen LogP contribution in [0.25, 0.3) is 0 Å². The second-order valence-electron chi connectivity index (χ2n) is 3.83. The molecule has 0 bridgehead atoms. The van der Waals surface area contributed by atoms with Crippen molar-refractivity contribution in [3.63, 3.8) is 0 Å². The molecule has 0 amide bonds. The average molecular weight is 355 g/mol. The number of hydrogen-bond acceptors (Lipinski definition) is 4. The number of nitrogens with one attached hydrogen (secondary N) is 1. The number of nitrogens with two attached hydrogens (primary N) is 1. The van der Waals surface area contributed by atoms with Crippen molar-refractivity contribution in [3.8, 4) is 0 Å². The van der Waals surface area contributed by atoms with Crippen LogP contribution in [0.15, 0.2) is 27.8 Å². The highest BCUT2D eigenvalue weighted by Crippen LogP contribution is 2.34. The molecular weight excluding hydrogens is 346 g/mol. The summed E-state index contributed by atoms with van der Waals surface area (Å²) in [6.45, 7) is 0.240. The molecule has 3 N–H and O–H groups in total. The van der Waals surface area contributed by atoms with Gasteiger partial charge in [0.25, 0.3) is 10.0 Å². The van der Waals surface area contributed by atoms with E-state index in [1.165, 1.54) is 6.07 Å². The first kappa shape index (κ1) is 15.5. The molecule has 0 aliphatic heterocycles. The van der Waals surface area contributed by atoms with Crippen LogP contribution >= 0.6 is 34.5 Å². The Morgan fingerprint density at radius 2 is 1.85 bits per heavy atom. The topological polar surface area (TPSA) is 72.2 Å². The van der Waals surface area contributed by atoms with Crippen molar-refractivity contribution >= 4 is 50.2 Å². The minimum atomic E-state index is -3.84. The molecule has 0 atom stereocenters. The fourth-order valence-electron chi connectivity index (χ4n) is 1.43. The van der Waals surface area contributed by atoms with Crippen LogP contribution in [0.3, 0.4) is 0 Å². The first-order valence-electron chi connectivity index (χ1n) is 5.28. The fourth-order valence-corrected chi connectivity index (χ4v) is 4.42. The molecule has 0 saturated heterocycles. The Morgan fingerprint density at radius 1 is 1.25 bits per heavy atom. The van der Waals surface area contributed by atoms with Crippen molar-refractivity contribution in [2.24, 2.45) is 5.73 Å². The SMILES string of the molecule is NCc1csc(S(=O)(=O)Nc2c(Cl)cc(F)cc2Cl)c1. The van der Waals surface area contributed by atoms with Crippen LogP contribution in [0.5, 0.6) is 0 Å². The largest absolute Gasteiger partial charge is 0.326 e. The number of halogens is 3. The lowest BCUT2D eigenvalue weighted by Crippen LogP contribution is -2.12. The van der Waals surface area contributed by atoms with Crippen LogP contribution < -0.4 is 10.5 Å². The molecule has 4 nitrogen and oxygen atoms in total. The van der Waals surface area contributed by atoms with E-state index in [1.807, 2.05) is 0 Å². The van der Waals surface area contributed by atoms with Gasteiger partial charge < -0.3 is 5.73 Å². The zero-order valence-electron chi connectivity index (χ0n) is 9.86. The van der Waals surface area contributed by atoms with Gasteiger partial charge in [-0.05, 0) is 29.1 Å². The molecule has 0 saturated carbocycles. The second kappa shape index (κ2) is 5.87. The van der Waals surface area contributed by atoms with Crippen molar-refractivity contribution in [1.82, 2.24) is 0 Å². The predicted octanol–water partition coefficient (Wildman–Crippen LogP) is 3.45. The van der Waals surface area contributed by atoms with E-state index >= 15 is 0 Å². The van der Waals surface area contributed by atoms with Gasteiger partial charge in [-0.2, -0.15) is 0 Å². The number of anilines is 1. The van der Waals surface area contributed by atoms with Gasteiger partial charge in [0, 0.05) is 6.54 Å². The summed E-state index contributed by atoms with van der Waals surface area (Å²) in [5, 5.41) is 1.41. The minimum Gasteiger partial charge on any atom is -0.326 e. The van der Waals surface area contributed by atoms with Gasteiger partial charge in [-0.3, -0.25) is 4.72 Å². The Bertz CT molecular complexity index is 724. The Morgan fingerprint density at radius 3 is 2.35 bits per heavy atom. The van der Waals surface area contributed by atoms with Gasteiger partial charge in [0.1, 0.15) is 10.0 Å². The molecule has 2 rings (SSSR count). The van der Waals surface area contributed by atoms with Gasteiger partial charge in [-0.1, -0.05) is 23.2 Å². The van der Waals surface area contributed by atoms with Gasteiger partial charge >= 0.3 is 0 Å². The molecule has 20 heavy (non-hydrogen) atoms. The minimum absolute atomic E-state index is 0.0579. The zero-order valence-corrected chi connectivity index (χ0v) is 13.0. The van der Waals surface area contributed by atoms with E-state index in [4.69, 9.17) is 28.9 Å². The summed E-state index contributed by atoms with van der Waals surface area (Å²) in [6.07, 6.45) is 0. The smallest absolute Gasteiger partial charge is 0.271 e. The van der Waals surface area contributed by atoms with Crippen LogP contribution in [-0.2, 0) is 16.6 Å². The Hall–Kier alpha value is -0.860. The summed E-state index contributed by atoms with van der Waals surface area (Å²) in [4.78, 5) is 0. The third kappa shape index (κ3) is 3.24.